The fourth-order valence-electron chi connectivity index (χ4n) is 5.23. The molecule has 2 N–H and O–H groups in total. The van der Waals surface area contributed by atoms with E-state index in [-0.39, 0.29) is 36.2 Å². The highest BCUT2D eigenvalue weighted by Gasteiger charge is 2.38. The molecule has 0 saturated carbocycles. The molecule has 8 nitrogen and oxygen atoms in total. The molecule has 1 aromatic heterocycles. The summed E-state index contributed by atoms with van der Waals surface area (Å²) in [6, 6.07) is 29.8. The lowest BCUT2D eigenvalue weighted by atomic mass is 9.90. The SMILES string of the molecule is CC1C(CN(C)CCc2ccccn2)OC(c2ccc(CNS(=O)(=O)c3ccccc3)cc2)OC1c1ccc(CO)cc1. The second kappa shape index (κ2) is 14.4. The molecule has 9 heteroatoms. The van der Waals surface area contributed by atoms with Gasteiger partial charge in [0.1, 0.15) is 0 Å². The summed E-state index contributed by atoms with van der Waals surface area (Å²) in [6.45, 7) is 3.88. The van der Waals surface area contributed by atoms with Crippen molar-refractivity contribution in [1.29, 1.82) is 0 Å². The van der Waals surface area contributed by atoms with Crippen LogP contribution in [0.15, 0.2) is 108 Å². The predicted octanol–water partition coefficient (Wildman–Crippen LogP) is 5.02. The van der Waals surface area contributed by atoms with Crippen molar-refractivity contribution in [2.75, 3.05) is 20.1 Å². The summed E-state index contributed by atoms with van der Waals surface area (Å²) in [4.78, 5) is 6.95. The van der Waals surface area contributed by atoms with E-state index in [1.165, 1.54) is 0 Å². The van der Waals surface area contributed by atoms with Crippen LogP contribution in [0.4, 0.5) is 0 Å². The lowest BCUT2D eigenvalue weighted by Crippen LogP contribution is -2.43. The molecule has 4 unspecified atom stereocenters. The maximum absolute atomic E-state index is 12.6. The molecule has 1 aliphatic rings. The summed E-state index contributed by atoms with van der Waals surface area (Å²) < 4.78 is 41.1. The van der Waals surface area contributed by atoms with Crippen LogP contribution in [0.3, 0.4) is 0 Å². The first kappa shape index (κ1) is 31.0. The molecule has 0 bridgehead atoms. The Labute approximate surface area is 254 Å². The van der Waals surface area contributed by atoms with E-state index in [9.17, 15) is 13.5 Å². The van der Waals surface area contributed by atoms with Gasteiger partial charge in [-0.25, -0.2) is 13.1 Å². The van der Waals surface area contributed by atoms with Crippen LogP contribution < -0.4 is 4.72 Å². The Morgan fingerprint density at radius 1 is 0.860 bits per heavy atom. The van der Waals surface area contributed by atoms with Crippen LogP contribution in [0.2, 0.25) is 0 Å². The maximum Gasteiger partial charge on any atom is 0.240 e. The average Bonchev–Trinajstić information content (AvgIpc) is 3.05. The molecule has 0 aliphatic carbocycles. The lowest BCUT2D eigenvalue weighted by molar-refractivity contribution is -0.275. The second-order valence-corrected chi connectivity index (χ2v) is 12.8. The normalized spacial score (nSPS) is 20.7. The molecule has 43 heavy (non-hydrogen) atoms. The molecule has 4 aromatic rings. The Morgan fingerprint density at radius 2 is 1.53 bits per heavy atom. The highest BCUT2D eigenvalue weighted by Crippen LogP contribution is 2.41. The van der Waals surface area contributed by atoms with Crippen molar-refractivity contribution in [3.63, 3.8) is 0 Å². The summed E-state index contributed by atoms with van der Waals surface area (Å²) in [7, 11) is -1.51. The largest absolute Gasteiger partial charge is 0.392 e. The molecule has 1 fully saturated rings. The highest BCUT2D eigenvalue weighted by atomic mass is 32.2. The molecular weight excluding hydrogens is 562 g/mol. The van der Waals surface area contributed by atoms with Gasteiger partial charge in [-0.1, -0.05) is 79.7 Å². The Bertz CT molecular complexity index is 1530. The number of rotatable bonds is 12. The minimum absolute atomic E-state index is 0.00929. The number of aromatic nitrogens is 1. The van der Waals surface area contributed by atoms with Crippen LogP contribution in [0.1, 0.15) is 47.3 Å². The van der Waals surface area contributed by atoms with E-state index in [4.69, 9.17) is 9.47 Å². The van der Waals surface area contributed by atoms with Crippen LogP contribution in [-0.2, 0) is 39.1 Å². The molecule has 0 spiro atoms. The fourth-order valence-corrected chi connectivity index (χ4v) is 6.27. The smallest absolute Gasteiger partial charge is 0.240 e. The van der Waals surface area contributed by atoms with E-state index in [2.05, 4.69) is 28.6 Å². The number of pyridine rings is 1. The molecule has 3 aromatic carbocycles. The van der Waals surface area contributed by atoms with Gasteiger partial charge in [0.05, 0.1) is 23.7 Å². The van der Waals surface area contributed by atoms with Gasteiger partial charge in [0.25, 0.3) is 0 Å². The molecule has 226 valence electrons. The Balaban J connectivity index is 1.29. The molecule has 5 rings (SSSR count). The maximum atomic E-state index is 12.6. The summed E-state index contributed by atoms with van der Waals surface area (Å²) in [5, 5.41) is 9.52. The second-order valence-electron chi connectivity index (χ2n) is 11.0. The summed E-state index contributed by atoms with van der Waals surface area (Å²) in [5.41, 5.74) is 4.63. The first-order valence-corrected chi connectivity index (χ1v) is 16.0. The third-order valence-corrected chi connectivity index (χ3v) is 9.28. The van der Waals surface area contributed by atoms with E-state index in [0.29, 0.717) is 0 Å². The molecule has 2 heterocycles. The fraction of sp³-hybridized carbons (Fsp3) is 0.324. The van der Waals surface area contributed by atoms with Crippen molar-refractivity contribution >= 4 is 10.0 Å². The van der Waals surface area contributed by atoms with Crippen LogP contribution >= 0.6 is 0 Å². The van der Waals surface area contributed by atoms with Crippen molar-refractivity contribution in [3.8, 4) is 0 Å². The number of hydrogen-bond donors (Lipinski definition) is 2. The highest BCUT2D eigenvalue weighted by molar-refractivity contribution is 7.89. The molecule has 0 amide bonds. The summed E-state index contributed by atoms with van der Waals surface area (Å²) >= 11 is 0. The van der Waals surface area contributed by atoms with Crippen LogP contribution in [0, 0.1) is 5.92 Å². The van der Waals surface area contributed by atoms with E-state index >= 15 is 0 Å². The van der Waals surface area contributed by atoms with Gasteiger partial charge >= 0.3 is 0 Å². The third kappa shape index (κ3) is 8.14. The van der Waals surface area contributed by atoms with Crippen molar-refractivity contribution < 1.29 is 23.0 Å². The van der Waals surface area contributed by atoms with Gasteiger partial charge in [-0.2, -0.15) is 0 Å². The zero-order chi connectivity index (χ0) is 30.2. The van der Waals surface area contributed by atoms with E-state index in [1.807, 2.05) is 72.9 Å². The van der Waals surface area contributed by atoms with E-state index in [1.54, 1.807) is 30.3 Å². The van der Waals surface area contributed by atoms with Gasteiger partial charge in [-0.15, -0.1) is 0 Å². The quantitative estimate of drug-likeness (QED) is 0.235. The van der Waals surface area contributed by atoms with Gasteiger partial charge in [0.15, 0.2) is 6.29 Å². The standard InChI is InChI=1S/C34H39N3O5S/c1-25-32(23-37(2)21-19-30-8-6-7-20-35-30)41-34(42-33(25)28-15-13-27(24-38)14-16-28)29-17-11-26(12-18-29)22-36-43(39,40)31-9-4-3-5-10-31/h3-18,20,25,32-34,36,38H,19,21-24H2,1-2H3. The summed E-state index contributed by atoms with van der Waals surface area (Å²) in [6.07, 6.45) is 1.76. The third-order valence-electron chi connectivity index (χ3n) is 7.86. The minimum Gasteiger partial charge on any atom is -0.392 e. The first-order chi connectivity index (χ1) is 20.8. The van der Waals surface area contributed by atoms with Crippen molar-refractivity contribution in [2.45, 2.75) is 49.9 Å². The zero-order valence-electron chi connectivity index (χ0n) is 24.5. The lowest BCUT2D eigenvalue weighted by Gasteiger charge is -2.42. The topological polar surface area (TPSA) is 101 Å². The van der Waals surface area contributed by atoms with E-state index in [0.717, 1.165) is 47.5 Å². The summed E-state index contributed by atoms with van der Waals surface area (Å²) in [5.74, 6) is 0.0696. The van der Waals surface area contributed by atoms with Crippen molar-refractivity contribution in [3.05, 3.63) is 131 Å². The number of hydrogen-bond acceptors (Lipinski definition) is 7. The molecule has 0 radical (unpaired) electrons. The van der Waals surface area contributed by atoms with Gasteiger partial charge in [-0.05, 0) is 48.0 Å². The number of sulfonamides is 1. The Hall–Kier alpha value is -3.44. The van der Waals surface area contributed by atoms with Crippen molar-refractivity contribution in [2.24, 2.45) is 5.92 Å². The molecule has 4 atom stereocenters. The number of aliphatic hydroxyl groups excluding tert-OH is 1. The average molecular weight is 602 g/mol. The number of likely N-dealkylation sites (N-methyl/N-ethyl adjacent to an activating group) is 1. The first-order valence-electron chi connectivity index (χ1n) is 14.5. The van der Waals surface area contributed by atoms with Crippen LogP contribution in [0.5, 0.6) is 0 Å². The molecule has 1 saturated heterocycles. The number of nitrogens with one attached hydrogen (secondary N) is 1. The monoisotopic (exact) mass is 601 g/mol. The van der Waals surface area contributed by atoms with Crippen molar-refractivity contribution in [1.82, 2.24) is 14.6 Å². The predicted molar refractivity (Wildman–Crippen MR) is 165 cm³/mol. The zero-order valence-corrected chi connectivity index (χ0v) is 25.4. The van der Waals surface area contributed by atoms with E-state index < -0.39 is 16.3 Å². The van der Waals surface area contributed by atoms with Gasteiger partial charge < -0.3 is 19.5 Å². The van der Waals surface area contributed by atoms with Gasteiger partial charge in [0, 0.05) is 49.4 Å². The molecular formula is C34H39N3O5S. The van der Waals surface area contributed by atoms with Crippen LogP contribution in [-0.4, -0.2) is 49.6 Å². The molecule has 1 aliphatic heterocycles. The number of aliphatic hydroxyl groups is 1. The van der Waals surface area contributed by atoms with Crippen LogP contribution in [0.25, 0.3) is 0 Å². The number of ether oxygens (including phenoxy) is 2. The van der Waals surface area contributed by atoms with Gasteiger partial charge in [0.2, 0.25) is 10.0 Å². The Kier molecular flexibility index (Phi) is 10.3. The Morgan fingerprint density at radius 3 is 2.21 bits per heavy atom. The number of nitrogens with zero attached hydrogens (tertiary/aromatic N) is 2. The van der Waals surface area contributed by atoms with Gasteiger partial charge in [-0.3, -0.25) is 4.98 Å². The minimum atomic E-state index is -3.60. The number of benzene rings is 3.